The average Bonchev–Trinajstić information content (AvgIpc) is 2.83. The first kappa shape index (κ1) is 12.6. The van der Waals surface area contributed by atoms with Crippen LogP contribution in [0.3, 0.4) is 0 Å². The van der Waals surface area contributed by atoms with Crippen molar-refractivity contribution in [1.82, 2.24) is 25.1 Å². The lowest BCUT2D eigenvalue weighted by Gasteiger charge is -2.27. The van der Waals surface area contributed by atoms with Crippen LogP contribution in [0.15, 0.2) is 12.5 Å². The number of aromatic nitrogens is 2. The lowest BCUT2D eigenvalue weighted by molar-refractivity contribution is -0.130. The minimum Gasteiger partial charge on any atom is -0.342 e. The fourth-order valence-corrected chi connectivity index (χ4v) is 1.80. The number of nitrogens with one attached hydrogen (secondary N) is 2. The molecule has 2 N–H and O–H groups in total. The summed E-state index contributed by atoms with van der Waals surface area (Å²) >= 11 is 0. The number of nitrogens with zero attached hydrogens (tertiary/aromatic N) is 3. The van der Waals surface area contributed by atoms with Crippen LogP contribution in [0.1, 0.15) is 10.5 Å². The van der Waals surface area contributed by atoms with Crippen molar-refractivity contribution < 1.29 is 9.59 Å². The molecule has 2 amide bonds. The highest BCUT2D eigenvalue weighted by Gasteiger charge is 2.17. The fraction of sp³-hybridized carbons (Fsp3) is 0.545. The van der Waals surface area contributed by atoms with Gasteiger partial charge in [-0.2, -0.15) is 0 Å². The summed E-state index contributed by atoms with van der Waals surface area (Å²) in [7, 11) is 1.79. The van der Waals surface area contributed by atoms with Crippen LogP contribution < -0.4 is 10.6 Å². The van der Waals surface area contributed by atoms with Crippen LogP contribution >= 0.6 is 0 Å². The van der Waals surface area contributed by atoms with E-state index >= 15 is 0 Å². The first-order valence-electron chi connectivity index (χ1n) is 5.91. The number of rotatable bonds is 3. The normalized spacial score (nSPS) is 15.5. The molecule has 7 nitrogen and oxygen atoms in total. The smallest absolute Gasteiger partial charge is 0.271 e. The summed E-state index contributed by atoms with van der Waals surface area (Å²) in [5.41, 5.74) is 0.325. The number of aryl methyl sites for hydroxylation is 1. The van der Waals surface area contributed by atoms with Crippen molar-refractivity contribution in [2.75, 3.05) is 32.7 Å². The Labute approximate surface area is 105 Å². The summed E-state index contributed by atoms with van der Waals surface area (Å²) in [6.07, 6.45) is 3.16. The fourth-order valence-electron chi connectivity index (χ4n) is 1.80. The number of amides is 2. The Morgan fingerprint density at radius 1 is 1.44 bits per heavy atom. The summed E-state index contributed by atoms with van der Waals surface area (Å²) in [6.45, 7) is 3.02. The van der Waals surface area contributed by atoms with Gasteiger partial charge in [0.25, 0.3) is 5.91 Å². The van der Waals surface area contributed by atoms with Gasteiger partial charge in [0.1, 0.15) is 5.69 Å². The Balaban J connectivity index is 1.80. The van der Waals surface area contributed by atoms with Gasteiger partial charge in [-0.15, -0.1) is 0 Å². The van der Waals surface area contributed by atoms with Gasteiger partial charge >= 0.3 is 0 Å². The first-order chi connectivity index (χ1) is 8.66. The number of piperazine rings is 1. The minimum atomic E-state index is -0.320. The monoisotopic (exact) mass is 251 g/mol. The highest BCUT2D eigenvalue weighted by Crippen LogP contribution is 1.95. The minimum absolute atomic E-state index is 0.0232. The second-order valence-corrected chi connectivity index (χ2v) is 4.24. The van der Waals surface area contributed by atoms with Gasteiger partial charge in [-0.1, -0.05) is 0 Å². The van der Waals surface area contributed by atoms with Gasteiger partial charge in [0.15, 0.2) is 0 Å². The maximum absolute atomic E-state index is 11.8. The molecule has 1 aromatic rings. The number of carbonyl (C=O) groups is 2. The van der Waals surface area contributed by atoms with E-state index in [-0.39, 0.29) is 18.4 Å². The van der Waals surface area contributed by atoms with Gasteiger partial charge < -0.3 is 20.1 Å². The van der Waals surface area contributed by atoms with E-state index in [0.29, 0.717) is 18.8 Å². The van der Waals surface area contributed by atoms with Crippen LogP contribution in [-0.2, 0) is 11.8 Å². The summed E-state index contributed by atoms with van der Waals surface area (Å²) in [5.74, 6) is -0.375. The summed E-state index contributed by atoms with van der Waals surface area (Å²) in [4.78, 5) is 29.1. The standard InChI is InChI=1S/C11H17N5O2/c1-15-7-9(14-8-15)11(18)13-6-10(17)16-4-2-12-3-5-16/h7-8,12H,2-6H2,1H3,(H,13,18). The van der Waals surface area contributed by atoms with Crippen LogP contribution in [0.25, 0.3) is 0 Å². The maximum Gasteiger partial charge on any atom is 0.271 e. The highest BCUT2D eigenvalue weighted by atomic mass is 16.2. The van der Waals surface area contributed by atoms with E-state index in [0.717, 1.165) is 13.1 Å². The van der Waals surface area contributed by atoms with Gasteiger partial charge in [0.2, 0.25) is 5.91 Å². The lowest BCUT2D eigenvalue weighted by atomic mass is 10.3. The Kier molecular flexibility index (Phi) is 3.93. The first-order valence-corrected chi connectivity index (χ1v) is 5.91. The Bertz CT molecular complexity index is 436. The number of imidazole rings is 1. The molecule has 1 aliphatic rings. The van der Waals surface area contributed by atoms with Crippen molar-refractivity contribution in [3.63, 3.8) is 0 Å². The number of carbonyl (C=O) groups excluding carboxylic acids is 2. The third kappa shape index (κ3) is 3.07. The number of hydrogen-bond donors (Lipinski definition) is 2. The molecule has 0 aromatic carbocycles. The number of hydrogen-bond acceptors (Lipinski definition) is 4. The second kappa shape index (κ2) is 5.63. The third-order valence-electron chi connectivity index (χ3n) is 2.81. The summed E-state index contributed by atoms with van der Waals surface area (Å²) in [5, 5.41) is 5.75. The van der Waals surface area contributed by atoms with Crippen LogP contribution in [-0.4, -0.2) is 59.0 Å². The molecule has 2 heterocycles. The van der Waals surface area contributed by atoms with Crippen molar-refractivity contribution in [2.45, 2.75) is 0 Å². The summed E-state index contributed by atoms with van der Waals surface area (Å²) < 4.78 is 1.69. The van der Waals surface area contributed by atoms with E-state index in [1.165, 1.54) is 0 Å². The quantitative estimate of drug-likeness (QED) is 0.691. The van der Waals surface area contributed by atoms with Gasteiger partial charge in [-0.3, -0.25) is 9.59 Å². The zero-order chi connectivity index (χ0) is 13.0. The van der Waals surface area contributed by atoms with Crippen molar-refractivity contribution in [3.8, 4) is 0 Å². The Morgan fingerprint density at radius 3 is 2.78 bits per heavy atom. The van der Waals surface area contributed by atoms with E-state index in [4.69, 9.17) is 0 Å². The van der Waals surface area contributed by atoms with E-state index < -0.39 is 0 Å². The van der Waals surface area contributed by atoms with E-state index in [1.54, 1.807) is 29.0 Å². The average molecular weight is 251 g/mol. The molecular weight excluding hydrogens is 234 g/mol. The van der Waals surface area contributed by atoms with Crippen LogP contribution in [0.2, 0.25) is 0 Å². The van der Waals surface area contributed by atoms with Crippen LogP contribution in [0, 0.1) is 0 Å². The molecule has 1 aliphatic heterocycles. The van der Waals surface area contributed by atoms with Crippen molar-refractivity contribution in [3.05, 3.63) is 18.2 Å². The topological polar surface area (TPSA) is 79.3 Å². The molecule has 7 heteroatoms. The molecule has 0 bridgehead atoms. The molecule has 1 fully saturated rings. The van der Waals surface area contributed by atoms with Crippen LogP contribution in [0.4, 0.5) is 0 Å². The van der Waals surface area contributed by atoms with Crippen molar-refractivity contribution in [2.24, 2.45) is 7.05 Å². The lowest BCUT2D eigenvalue weighted by Crippen LogP contribution is -2.49. The molecule has 1 saturated heterocycles. The maximum atomic E-state index is 11.8. The van der Waals surface area contributed by atoms with E-state index in [2.05, 4.69) is 15.6 Å². The Morgan fingerprint density at radius 2 is 2.17 bits per heavy atom. The highest BCUT2D eigenvalue weighted by molar-refractivity contribution is 5.94. The van der Waals surface area contributed by atoms with Gasteiger partial charge in [-0.25, -0.2) is 4.98 Å². The van der Waals surface area contributed by atoms with E-state index in [9.17, 15) is 9.59 Å². The predicted octanol–water partition coefficient (Wildman–Crippen LogP) is -1.42. The SMILES string of the molecule is Cn1cnc(C(=O)NCC(=O)N2CCNCC2)c1. The Hall–Kier alpha value is -1.89. The molecule has 0 unspecified atom stereocenters. The third-order valence-corrected chi connectivity index (χ3v) is 2.81. The molecule has 0 saturated carbocycles. The van der Waals surface area contributed by atoms with Gasteiger partial charge in [0, 0.05) is 39.4 Å². The summed E-state index contributed by atoms with van der Waals surface area (Å²) in [6, 6.07) is 0. The molecule has 0 radical (unpaired) electrons. The van der Waals surface area contributed by atoms with Gasteiger partial charge in [-0.05, 0) is 0 Å². The van der Waals surface area contributed by atoms with Crippen molar-refractivity contribution >= 4 is 11.8 Å². The molecule has 1 aromatic heterocycles. The molecule has 0 spiro atoms. The molecule has 2 rings (SSSR count). The molecule has 98 valence electrons. The zero-order valence-electron chi connectivity index (χ0n) is 10.3. The molecule has 0 aliphatic carbocycles. The predicted molar refractivity (Wildman–Crippen MR) is 65.0 cm³/mol. The van der Waals surface area contributed by atoms with E-state index in [1.807, 2.05) is 0 Å². The molecular formula is C11H17N5O2. The van der Waals surface area contributed by atoms with Crippen molar-refractivity contribution in [1.29, 1.82) is 0 Å². The molecule has 18 heavy (non-hydrogen) atoms. The van der Waals surface area contributed by atoms with Gasteiger partial charge in [0.05, 0.1) is 12.9 Å². The molecule has 0 atom stereocenters. The largest absolute Gasteiger partial charge is 0.342 e. The zero-order valence-corrected chi connectivity index (χ0v) is 10.3. The van der Waals surface area contributed by atoms with Crippen LogP contribution in [0.5, 0.6) is 0 Å². The second-order valence-electron chi connectivity index (χ2n) is 4.24.